The molecule has 0 radical (unpaired) electrons. The second-order valence-electron chi connectivity index (χ2n) is 9.42. The lowest BCUT2D eigenvalue weighted by Gasteiger charge is -2.39. The summed E-state index contributed by atoms with van der Waals surface area (Å²) in [5, 5.41) is 8.31. The Bertz CT molecular complexity index is 1080. The minimum absolute atomic E-state index is 0.0349. The van der Waals surface area contributed by atoms with Crippen molar-refractivity contribution in [3.63, 3.8) is 0 Å². The summed E-state index contributed by atoms with van der Waals surface area (Å²) in [5.74, 6) is 2.21. The van der Waals surface area contributed by atoms with Crippen LogP contribution in [0.4, 0.5) is 0 Å². The topological polar surface area (TPSA) is 66.2 Å². The van der Waals surface area contributed by atoms with Crippen molar-refractivity contribution in [2.75, 3.05) is 20.2 Å². The number of para-hydroxylation sites is 1. The molecule has 3 aromatic rings. The van der Waals surface area contributed by atoms with Crippen LogP contribution >= 0.6 is 0 Å². The first-order chi connectivity index (χ1) is 15.6. The van der Waals surface area contributed by atoms with E-state index >= 15 is 0 Å². The van der Waals surface area contributed by atoms with Gasteiger partial charge in [-0.1, -0.05) is 30.3 Å². The standard InChI is InChI=1S/C27H33N3O2/c1-17(31)29-27-22(13-14-28-16-18-7-8-18)26-21-5-3-4-6-24(21)30-25(26)15-23(27)19-9-11-20(32-2)12-10-19/h3-6,9-12,18,22-23,27-28,30H,7-8,13-16H2,1-2H3,(H,29,31)/t22-,23-,27+/m1/s1. The van der Waals surface area contributed by atoms with Crippen molar-refractivity contribution >= 4 is 16.8 Å². The first kappa shape index (κ1) is 21.1. The van der Waals surface area contributed by atoms with Gasteiger partial charge in [0, 0.05) is 41.4 Å². The first-order valence-corrected chi connectivity index (χ1v) is 11.8. The molecule has 2 aliphatic carbocycles. The summed E-state index contributed by atoms with van der Waals surface area (Å²) in [6.07, 6.45) is 4.60. The van der Waals surface area contributed by atoms with Gasteiger partial charge in [0.25, 0.3) is 0 Å². The molecule has 168 valence electrons. The third kappa shape index (κ3) is 4.26. The Kier molecular flexibility index (Phi) is 5.92. The number of aromatic amines is 1. The third-order valence-corrected chi connectivity index (χ3v) is 7.17. The van der Waals surface area contributed by atoms with Crippen LogP contribution in [0.3, 0.4) is 0 Å². The molecule has 1 amide bonds. The molecule has 3 atom stereocenters. The van der Waals surface area contributed by atoms with Gasteiger partial charge >= 0.3 is 0 Å². The largest absolute Gasteiger partial charge is 0.497 e. The zero-order valence-corrected chi connectivity index (χ0v) is 19.0. The summed E-state index contributed by atoms with van der Waals surface area (Å²) in [6.45, 7) is 3.71. The van der Waals surface area contributed by atoms with Crippen LogP contribution in [0, 0.1) is 5.92 Å². The quantitative estimate of drug-likeness (QED) is 0.460. The molecule has 2 aliphatic rings. The minimum atomic E-state index is 0.0349. The summed E-state index contributed by atoms with van der Waals surface area (Å²) in [5.41, 5.74) is 5.12. The maximum absolute atomic E-state index is 12.3. The lowest BCUT2D eigenvalue weighted by Crippen LogP contribution is -2.46. The van der Waals surface area contributed by atoms with Crippen LogP contribution in [-0.4, -0.2) is 37.1 Å². The number of methoxy groups -OCH3 is 1. The van der Waals surface area contributed by atoms with Crippen molar-refractivity contribution in [2.45, 2.75) is 50.5 Å². The monoisotopic (exact) mass is 431 g/mol. The molecule has 32 heavy (non-hydrogen) atoms. The van der Waals surface area contributed by atoms with Crippen LogP contribution < -0.4 is 15.4 Å². The minimum Gasteiger partial charge on any atom is -0.497 e. The van der Waals surface area contributed by atoms with E-state index in [4.69, 9.17) is 4.74 Å². The summed E-state index contributed by atoms with van der Waals surface area (Å²) < 4.78 is 5.37. The molecule has 2 aromatic carbocycles. The second kappa shape index (κ2) is 8.99. The van der Waals surface area contributed by atoms with Gasteiger partial charge < -0.3 is 20.4 Å². The van der Waals surface area contributed by atoms with E-state index in [0.717, 1.165) is 37.6 Å². The van der Waals surface area contributed by atoms with E-state index in [0.29, 0.717) is 0 Å². The Hall–Kier alpha value is -2.79. The second-order valence-corrected chi connectivity index (χ2v) is 9.42. The zero-order chi connectivity index (χ0) is 22.1. The van der Waals surface area contributed by atoms with E-state index < -0.39 is 0 Å². The van der Waals surface area contributed by atoms with Crippen molar-refractivity contribution in [1.29, 1.82) is 0 Å². The Labute approximate surface area is 189 Å². The van der Waals surface area contributed by atoms with Gasteiger partial charge in [-0.3, -0.25) is 4.79 Å². The Balaban J connectivity index is 1.52. The number of carbonyl (C=O) groups is 1. The Morgan fingerprint density at radius 2 is 1.91 bits per heavy atom. The van der Waals surface area contributed by atoms with Gasteiger partial charge in [0.2, 0.25) is 5.91 Å². The number of H-pyrrole nitrogens is 1. The van der Waals surface area contributed by atoms with Gasteiger partial charge in [0.05, 0.1) is 7.11 Å². The van der Waals surface area contributed by atoms with E-state index in [-0.39, 0.29) is 23.8 Å². The number of hydrogen-bond acceptors (Lipinski definition) is 3. The van der Waals surface area contributed by atoms with Crippen molar-refractivity contribution in [1.82, 2.24) is 15.6 Å². The maximum Gasteiger partial charge on any atom is 0.217 e. The number of hydrogen-bond donors (Lipinski definition) is 3. The molecular weight excluding hydrogens is 398 g/mol. The predicted octanol–water partition coefficient (Wildman–Crippen LogP) is 4.49. The lowest BCUT2D eigenvalue weighted by molar-refractivity contribution is -0.120. The van der Waals surface area contributed by atoms with Crippen LogP contribution in [0.1, 0.15) is 54.8 Å². The number of amides is 1. The smallest absolute Gasteiger partial charge is 0.217 e. The van der Waals surface area contributed by atoms with E-state index in [2.05, 4.69) is 52.0 Å². The maximum atomic E-state index is 12.3. The van der Waals surface area contributed by atoms with Gasteiger partial charge in [-0.05, 0) is 74.0 Å². The number of rotatable bonds is 8. The first-order valence-electron chi connectivity index (χ1n) is 11.8. The molecular formula is C27H33N3O2. The zero-order valence-electron chi connectivity index (χ0n) is 19.0. The van der Waals surface area contributed by atoms with Crippen LogP contribution in [0.5, 0.6) is 5.75 Å². The highest BCUT2D eigenvalue weighted by Gasteiger charge is 2.40. The highest BCUT2D eigenvalue weighted by atomic mass is 16.5. The molecule has 5 rings (SSSR count). The highest BCUT2D eigenvalue weighted by Crippen LogP contribution is 2.45. The van der Waals surface area contributed by atoms with Gasteiger partial charge in [0.1, 0.15) is 5.75 Å². The van der Waals surface area contributed by atoms with E-state index in [1.54, 1.807) is 14.0 Å². The molecule has 1 saturated carbocycles. The number of ether oxygens (including phenoxy) is 1. The molecule has 0 aliphatic heterocycles. The molecule has 0 saturated heterocycles. The number of aromatic nitrogens is 1. The number of nitrogens with one attached hydrogen (secondary N) is 3. The molecule has 0 unspecified atom stereocenters. The van der Waals surface area contributed by atoms with Gasteiger partial charge in [-0.15, -0.1) is 0 Å². The van der Waals surface area contributed by atoms with E-state index in [1.165, 1.54) is 40.6 Å². The van der Waals surface area contributed by atoms with E-state index in [9.17, 15) is 4.79 Å². The predicted molar refractivity (Wildman–Crippen MR) is 128 cm³/mol. The molecule has 3 N–H and O–H groups in total. The fraction of sp³-hybridized carbons (Fsp3) is 0.444. The fourth-order valence-electron chi connectivity index (χ4n) is 5.43. The summed E-state index contributed by atoms with van der Waals surface area (Å²) in [6, 6.07) is 17.0. The Morgan fingerprint density at radius 1 is 1.12 bits per heavy atom. The van der Waals surface area contributed by atoms with Crippen molar-refractivity contribution in [3.05, 3.63) is 65.4 Å². The van der Waals surface area contributed by atoms with Gasteiger partial charge in [-0.2, -0.15) is 0 Å². The van der Waals surface area contributed by atoms with Crippen LogP contribution in [0.15, 0.2) is 48.5 Å². The van der Waals surface area contributed by atoms with Crippen LogP contribution in [0.2, 0.25) is 0 Å². The van der Waals surface area contributed by atoms with Crippen LogP contribution in [0.25, 0.3) is 10.9 Å². The number of carbonyl (C=O) groups excluding carboxylic acids is 1. The number of benzene rings is 2. The van der Waals surface area contributed by atoms with Crippen LogP contribution in [-0.2, 0) is 11.2 Å². The van der Waals surface area contributed by atoms with Crippen molar-refractivity contribution < 1.29 is 9.53 Å². The molecule has 0 spiro atoms. The molecule has 5 nitrogen and oxygen atoms in total. The summed E-state index contributed by atoms with van der Waals surface area (Å²) in [7, 11) is 1.69. The van der Waals surface area contributed by atoms with Gasteiger partial charge in [0.15, 0.2) is 0 Å². The summed E-state index contributed by atoms with van der Waals surface area (Å²) >= 11 is 0. The summed E-state index contributed by atoms with van der Waals surface area (Å²) in [4.78, 5) is 16.0. The van der Waals surface area contributed by atoms with Crippen molar-refractivity contribution in [3.8, 4) is 5.75 Å². The highest BCUT2D eigenvalue weighted by molar-refractivity contribution is 5.86. The molecule has 0 bridgehead atoms. The third-order valence-electron chi connectivity index (χ3n) is 7.17. The van der Waals surface area contributed by atoms with Gasteiger partial charge in [-0.25, -0.2) is 0 Å². The Morgan fingerprint density at radius 3 is 2.62 bits per heavy atom. The molecule has 1 heterocycles. The molecule has 1 aromatic heterocycles. The molecule has 1 fully saturated rings. The average molecular weight is 432 g/mol. The molecule has 5 heteroatoms. The van der Waals surface area contributed by atoms with E-state index in [1.807, 2.05) is 12.1 Å². The number of fused-ring (bicyclic) bond motifs is 3. The van der Waals surface area contributed by atoms with Crippen molar-refractivity contribution in [2.24, 2.45) is 5.92 Å². The lowest BCUT2D eigenvalue weighted by atomic mass is 9.71. The fourth-order valence-corrected chi connectivity index (χ4v) is 5.43. The SMILES string of the molecule is COc1ccc([C@H]2Cc3[nH]c4ccccc4c3[C@@H](CCNCC3CC3)[C@@H]2NC(C)=O)cc1. The average Bonchev–Trinajstić information content (AvgIpc) is 3.55. The normalized spacial score (nSPS) is 22.5.